The van der Waals surface area contributed by atoms with Gasteiger partial charge in [-0.05, 0) is 30.3 Å². The van der Waals surface area contributed by atoms with Gasteiger partial charge < -0.3 is 4.74 Å². The molecule has 0 atom stereocenters. The van der Waals surface area contributed by atoms with Crippen molar-refractivity contribution in [2.75, 3.05) is 12.4 Å². The highest BCUT2D eigenvalue weighted by Crippen LogP contribution is 2.20. The molecule has 0 saturated carbocycles. The highest BCUT2D eigenvalue weighted by Gasteiger charge is 2.08. The molecule has 8 heteroatoms. The van der Waals surface area contributed by atoms with Gasteiger partial charge in [0.25, 0.3) is 5.91 Å². The van der Waals surface area contributed by atoms with E-state index in [1.54, 1.807) is 42.5 Å². The average molecular weight is 369 g/mol. The van der Waals surface area contributed by atoms with Crippen molar-refractivity contribution in [1.82, 2.24) is 10.9 Å². The van der Waals surface area contributed by atoms with Crippen molar-refractivity contribution in [3.8, 4) is 5.75 Å². The summed E-state index contributed by atoms with van der Waals surface area (Å²) in [6.45, 7) is -0.277. The fourth-order valence-electron chi connectivity index (χ4n) is 1.62. The Bertz CT molecular complexity index is 730. The van der Waals surface area contributed by atoms with E-state index in [-0.39, 0.29) is 12.4 Å². The summed E-state index contributed by atoms with van der Waals surface area (Å²) >= 11 is 6.83. The van der Waals surface area contributed by atoms with Crippen LogP contribution in [-0.2, 0) is 9.59 Å². The third kappa shape index (κ3) is 6.10. The molecule has 0 bridgehead atoms. The molecule has 0 spiro atoms. The number of carbonyl (C=O) groups is 2. The van der Waals surface area contributed by atoms with Gasteiger partial charge in [-0.25, -0.2) is 4.39 Å². The van der Waals surface area contributed by atoms with Gasteiger partial charge in [-0.3, -0.25) is 20.4 Å². The van der Waals surface area contributed by atoms with Crippen LogP contribution in [0.1, 0.15) is 0 Å². The Morgan fingerprint density at radius 3 is 2.58 bits per heavy atom. The lowest BCUT2D eigenvalue weighted by Gasteiger charge is -2.09. The summed E-state index contributed by atoms with van der Waals surface area (Å²) in [5.74, 6) is -0.969. The highest BCUT2D eigenvalue weighted by molar-refractivity contribution is 8.00. The van der Waals surface area contributed by atoms with E-state index in [0.717, 1.165) is 11.8 Å². The Hall–Kier alpha value is -2.25. The molecule has 0 aliphatic rings. The second-order valence-corrected chi connectivity index (χ2v) is 6.02. The number of hydrazine groups is 1. The van der Waals surface area contributed by atoms with E-state index in [1.165, 1.54) is 6.07 Å². The molecule has 0 aliphatic heterocycles. The van der Waals surface area contributed by atoms with Crippen molar-refractivity contribution in [3.63, 3.8) is 0 Å². The van der Waals surface area contributed by atoms with E-state index < -0.39 is 17.6 Å². The normalized spacial score (nSPS) is 10.1. The summed E-state index contributed by atoms with van der Waals surface area (Å²) in [7, 11) is 0. The number of amides is 2. The Kier molecular flexibility index (Phi) is 6.89. The van der Waals surface area contributed by atoms with Crippen molar-refractivity contribution in [1.29, 1.82) is 0 Å². The summed E-state index contributed by atoms with van der Waals surface area (Å²) in [5.41, 5.74) is 4.45. The van der Waals surface area contributed by atoms with E-state index in [2.05, 4.69) is 10.9 Å². The fourth-order valence-corrected chi connectivity index (χ4v) is 2.54. The minimum atomic E-state index is -0.529. The standard InChI is InChI=1S/C16H14ClFN2O3S/c17-11-4-3-5-12(8-11)23-9-15(21)19-20-16(22)10-24-14-7-2-1-6-13(14)18/h1-8H,9-10H2,(H,19,21)(H,20,22). The summed E-state index contributed by atoms with van der Waals surface area (Å²) in [4.78, 5) is 23.6. The first kappa shape index (κ1) is 18.1. The smallest absolute Gasteiger partial charge is 0.276 e. The van der Waals surface area contributed by atoms with E-state index in [1.807, 2.05) is 0 Å². The maximum absolute atomic E-state index is 13.4. The lowest BCUT2D eigenvalue weighted by Crippen LogP contribution is -2.44. The van der Waals surface area contributed by atoms with Gasteiger partial charge in [0, 0.05) is 9.92 Å². The van der Waals surface area contributed by atoms with E-state index in [0.29, 0.717) is 15.7 Å². The van der Waals surface area contributed by atoms with Crippen LogP contribution in [0, 0.1) is 5.82 Å². The minimum absolute atomic E-state index is 0.0314. The second kappa shape index (κ2) is 9.14. The monoisotopic (exact) mass is 368 g/mol. The minimum Gasteiger partial charge on any atom is -0.484 e. The lowest BCUT2D eigenvalue weighted by molar-refractivity contribution is -0.128. The number of thioether (sulfide) groups is 1. The number of benzene rings is 2. The number of nitrogens with one attached hydrogen (secondary N) is 2. The van der Waals surface area contributed by atoms with Crippen LogP contribution in [0.15, 0.2) is 53.4 Å². The number of carbonyl (C=O) groups excluding carboxylic acids is 2. The number of rotatable bonds is 6. The molecule has 5 nitrogen and oxygen atoms in total. The van der Waals surface area contributed by atoms with Crippen molar-refractivity contribution in [2.24, 2.45) is 0 Å². The Balaban J connectivity index is 1.68. The molecule has 0 saturated heterocycles. The Labute approximate surface area is 147 Å². The first-order valence-electron chi connectivity index (χ1n) is 6.88. The first-order valence-corrected chi connectivity index (χ1v) is 8.24. The molecule has 0 fully saturated rings. The molecule has 2 amide bonds. The summed E-state index contributed by atoms with van der Waals surface area (Å²) < 4.78 is 18.6. The third-order valence-corrected chi connectivity index (χ3v) is 3.99. The van der Waals surface area contributed by atoms with Crippen molar-refractivity contribution in [2.45, 2.75) is 4.90 Å². The third-order valence-electron chi connectivity index (χ3n) is 2.70. The maximum Gasteiger partial charge on any atom is 0.276 e. The van der Waals surface area contributed by atoms with Crippen LogP contribution in [0.3, 0.4) is 0 Å². The van der Waals surface area contributed by atoms with Crippen molar-refractivity contribution >= 4 is 35.2 Å². The molecule has 126 valence electrons. The molecule has 24 heavy (non-hydrogen) atoms. The zero-order valence-corrected chi connectivity index (χ0v) is 14.0. The van der Waals surface area contributed by atoms with Crippen LogP contribution in [0.25, 0.3) is 0 Å². The summed E-state index contributed by atoms with van der Waals surface area (Å²) in [6.07, 6.45) is 0. The molecule has 2 N–H and O–H groups in total. The number of hydrogen-bond donors (Lipinski definition) is 2. The molecular formula is C16H14ClFN2O3S. The second-order valence-electron chi connectivity index (χ2n) is 4.56. The Morgan fingerprint density at radius 2 is 1.83 bits per heavy atom. The average Bonchev–Trinajstić information content (AvgIpc) is 2.57. The SMILES string of the molecule is O=C(COc1cccc(Cl)c1)NNC(=O)CSc1ccccc1F. The van der Waals surface area contributed by atoms with Crippen molar-refractivity contribution in [3.05, 3.63) is 59.4 Å². The predicted molar refractivity (Wildman–Crippen MR) is 90.4 cm³/mol. The Morgan fingerprint density at radius 1 is 1.08 bits per heavy atom. The van der Waals surface area contributed by atoms with Crippen molar-refractivity contribution < 1.29 is 18.7 Å². The van der Waals surface area contributed by atoms with Gasteiger partial charge in [-0.15, -0.1) is 11.8 Å². The molecule has 0 heterocycles. The zero-order valence-electron chi connectivity index (χ0n) is 12.4. The molecule has 2 aromatic carbocycles. The van der Waals surface area contributed by atoms with E-state index >= 15 is 0 Å². The summed E-state index contributed by atoms with van der Waals surface area (Å²) in [5, 5.41) is 0.492. The summed E-state index contributed by atoms with van der Waals surface area (Å²) in [6, 6.07) is 12.7. The van der Waals surface area contributed by atoms with E-state index in [9.17, 15) is 14.0 Å². The molecule has 0 aromatic heterocycles. The number of halogens is 2. The van der Waals surface area contributed by atoms with Crippen LogP contribution in [-0.4, -0.2) is 24.2 Å². The van der Waals surface area contributed by atoms with Gasteiger partial charge in [0.05, 0.1) is 5.75 Å². The number of hydrogen-bond acceptors (Lipinski definition) is 4. The fraction of sp³-hybridized carbons (Fsp3) is 0.125. The van der Waals surface area contributed by atoms with Gasteiger partial charge in [0.2, 0.25) is 5.91 Å². The zero-order chi connectivity index (χ0) is 17.4. The van der Waals surface area contributed by atoms with Crippen LogP contribution in [0.2, 0.25) is 5.02 Å². The van der Waals surface area contributed by atoms with Crippen LogP contribution in [0.5, 0.6) is 5.75 Å². The van der Waals surface area contributed by atoms with Gasteiger partial charge in [-0.2, -0.15) is 0 Å². The van der Waals surface area contributed by atoms with Gasteiger partial charge in [0.15, 0.2) is 6.61 Å². The number of ether oxygens (including phenoxy) is 1. The topological polar surface area (TPSA) is 67.4 Å². The maximum atomic E-state index is 13.4. The van der Waals surface area contributed by atoms with Crippen LogP contribution < -0.4 is 15.6 Å². The largest absolute Gasteiger partial charge is 0.484 e. The quantitative estimate of drug-likeness (QED) is 0.607. The van der Waals surface area contributed by atoms with Gasteiger partial charge in [0.1, 0.15) is 11.6 Å². The van der Waals surface area contributed by atoms with E-state index in [4.69, 9.17) is 16.3 Å². The van der Waals surface area contributed by atoms with Crippen LogP contribution >= 0.6 is 23.4 Å². The molecule has 2 rings (SSSR count). The molecule has 0 unspecified atom stereocenters. The molecule has 2 aromatic rings. The van der Waals surface area contributed by atoms with Gasteiger partial charge in [-0.1, -0.05) is 29.8 Å². The molecule has 0 aliphatic carbocycles. The predicted octanol–water partition coefficient (Wildman–Crippen LogP) is 2.80. The van der Waals surface area contributed by atoms with Gasteiger partial charge >= 0.3 is 0 Å². The van der Waals surface area contributed by atoms with Crippen LogP contribution in [0.4, 0.5) is 4.39 Å². The highest BCUT2D eigenvalue weighted by atomic mass is 35.5. The first-order chi connectivity index (χ1) is 11.5. The molecular weight excluding hydrogens is 355 g/mol. The lowest BCUT2D eigenvalue weighted by atomic mass is 10.3. The molecule has 0 radical (unpaired) electrons.